The molecule has 10 heteroatoms. The summed E-state index contributed by atoms with van der Waals surface area (Å²) in [5.41, 5.74) is 12.0. The quantitative estimate of drug-likeness (QED) is 0.284. The maximum absolute atomic E-state index is 14.1. The summed E-state index contributed by atoms with van der Waals surface area (Å²) >= 11 is 0.751. The molecule has 0 unspecified atom stereocenters. The first kappa shape index (κ1) is 19.7. The molecule has 2 aromatic carbocycles. The van der Waals surface area contributed by atoms with Gasteiger partial charge in [0.15, 0.2) is 23.3 Å². The highest BCUT2D eigenvalue weighted by Gasteiger charge is 2.25. The maximum atomic E-state index is 14.1. The molecule has 1 heterocycles. The summed E-state index contributed by atoms with van der Waals surface area (Å²) in [4.78, 5) is 7.39. The highest BCUT2D eigenvalue weighted by atomic mass is 32.2. The van der Waals surface area contributed by atoms with Crippen LogP contribution in [0, 0.1) is 23.3 Å². The van der Waals surface area contributed by atoms with Crippen LogP contribution in [0.3, 0.4) is 0 Å². The van der Waals surface area contributed by atoms with Crippen molar-refractivity contribution >= 4 is 23.5 Å². The molecule has 1 aromatic heterocycles. The van der Waals surface area contributed by atoms with Crippen LogP contribution < -0.4 is 16.2 Å². The molecule has 0 saturated carbocycles. The zero-order valence-corrected chi connectivity index (χ0v) is 15.3. The normalized spacial score (nSPS) is 10.9. The van der Waals surface area contributed by atoms with Crippen LogP contribution in [0.5, 0.6) is 5.75 Å². The van der Waals surface area contributed by atoms with Crippen LogP contribution in [-0.4, -0.2) is 16.2 Å². The minimum atomic E-state index is -1.88. The zero-order chi connectivity index (χ0) is 20.4. The molecule has 0 aliphatic heterocycles. The van der Waals surface area contributed by atoms with Gasteiger partial charge in [0, 0.05) is 17.3 Å². The number of halogens is 4. The first-order chi connectivity index (χ1) is 13.3. The number of nitrogen functional groups attached to an aromatic ring is 2. The lowest BCUT2D eigenvalue weighted by atomic mass is 10.1. The molecule has 146 valence electrons. The van der Waals surface area contributed by atoms with Crippen molar-refractivity contribution < 1.29 is 22.3 Å². The molecule has 0 spiro atoms. The maximum Gasteiger partial charge on any atom is 0.221 e. The van der Waals surface area contributed by atoms with E-state index >= 15 is 0 Å². The fraction of sp³-hybridized carbons (Fsp3) is 0.111. The molecule has 28 heavy (non-hydrogen) atoms. The van der Waals surface area contributed by atoms with Crippen molar-refractivity contribution in [3.05, 3.63) is 59.3 Å². The Hall–Kier alpha value is -3.01. The minimum Gasteiger partial charge on any atom is -0.489 e. The zero-order valence-electron chi connectivity index (χ0n) is 14.5. The monoisotopic (exact) mass is 410 g/mol. The van der Waals surface area contributed by atoms with Crippen molar-refractivity contribution in [1.29, 1.82) is 0 Å². The van der Waals surface area contributed by atoms with Crippen LogP contribution in [0.4, 0.5) is 29.3 Å². The second-order valence-electron chi connectivity index (χ2n) is 5.61. The lowest BCUT2D eigenvalue weighted by Gasteiger charge is -2.14. The first-order valence-corrected chi connectivity index (χ1v) is 9.06. The number of nitrogens with two attached hydrogens (primary N) is 2. The molecule has 0 aliphatic carbocycles. The molecule has 0 fully saturated rings. The van der Waals surface area contributed by atoms with E-state index in [4.69, 9.17) is 16.2 Å². The fourth-order valence-electron chi connectivity index (χ4n) is 2.54. The van der Waals surface area contributed by atoms with Crippen molar-refractivity contribution in [2.75, 3.05) is 17.7 Å². The van der Waals surface area contributed by atoms with Gasteiger partial charge in [0.1, 0.15) is 18.2 Å². The van der Waals surface area contributed by atoms with Gasteiger partial charge in [-0.15, -0.1) is 11.8 Å². The molecule has 4 N–H and O–H groups in total. The molecule has 3 rings (SSSR count). The van der Waals surface area contributed by atoms with Gasteiger partial charge in [-0.1, -0.05) is 12.1 Å². The second kappa shape index (κ2) is 7.93. The van der Waals surface area contributed by atoms with Gasteiger partial charge in [-0.05, 0) is 24.0 Å². The number of aromatic nitrogens is 2. The number of hydrogen-bond donors (Lipinski definition) is 2. The van der Waals surface area contributed by atoms with E-state index in [2.05, 4.69) is 9.97 Å². The number of rotatable bonds is 5. The van der Waals surface area contributed by atoms with Crippen LogP contribution in [0.25, 0.3) is 11.1 Å². The van der Waals surface area contributed by atoms with E-state index in [1.807, 2.05) is 0 Å². The minimum absolute atomic E-state index is 0.0223. The van der Waals surface area contributed by atoms with Gasteiger partial charge in [0.05, 0.1) is 4.90 Å². The molecular weight excluding hydrogens is 396 g/mol. The van der Waals surface area contributed by atoms with Gasteiger partial charge in [-0.3, -0.25) is 0 Å². The lowest BCUT2D eigenvalue weighted by Crippen LogP contribution is -2.08. The molecule has 3 aromatic rings. The Morgan fingerprint density at radius 3 is 2.43 bits per heavy atom. The van der Waals surface area contributed by atoms with Gasteiger partial charge in [-0.2, -0.15) is 4.98 Å². The van der Waals surface area contributed by atoms with E-state index in [0.29, 0.717) is 11.1 Å². The summed E-state index contributed by atoms with van der Waals surface area (Å²) in [6.45, 7) is -0.507. The number of nitrogens with zero attached hydrogens (tertiary/aromatic N) is 2. The van der Waals surface area contributed by atoms with E-state index in [0.717, 1.165) is 11.8 Å². The van der Waals surface area contributed by atoms with Crippen LogP contribution in [0.1, 0.15) is 5.56 Å². The lowest BCUT2D eigenvalue weighted by molar-refractivity contribution is 0.287. The average molecular weight is 410 g/mol. The van der Waals surface area contributed by atoms with Crippen LogP contribution in [0.15, 0.2) is 35.4 Å². The van der Waals surface area contributed by atoms with Crippen molar-refractivity contribution in [2.24, 2.45) is 0 Å². The van der Waals surface area contributed by atoms with Gasteiger partial charge >= 0.3 is 0 Å². The van der Waals surface area contributed by atoms with Gasteiger partial charge in [0.2, 0.25) is 5.95 Å². The largest absolute Gasteiger partial charge is 0.489 e. The average Bonchev–Trinajstić information content (AvgIpc) is 2.68. The summed E-state index contributed by atoms with van der Waals surface area (Å²) in [7, 11) is 0. The van der Waals surface area contributed by atoms with Crippen LogP contribution >= 0.6 is 11.8 Å². The van der Waals surface area contributed by atoms with Crippen LogP contribution in [0.2, 0.25) is 0 Å². The summed E-state index contributed by atoms with van der Waals surface area (Å²) in [6.07, 6.45) is 2.86. The van der Waals surface area contributed by atoms with Crippen molar-refractivity contribution in [3.63, 3.8) is 0 Å². The molecule has 0 bridgehead atoms. The van der Waals surface area contributed by atoms with E-state index in [1.165, 1.54) is 12.5 Å². The molecule has 0 aliphatic rings. The Morgan fingerprint density at radius 1 is 1.04 bits per heavy atom. The number of anilines is 2. The first-order valence-electron chi connectivity index (χ1n) is 7.83. The third kappa shape index (κ3) is 3.68. The van der Waals surface area contributed by atoms with E-state index in [-0.39, 0.29) is 22.4 Å². The van der Waals surface area contributed by atoms with E-state index in [1.54, 1.807) is 24.3 Å². The molecule has 0 radical (unpaired) electrons. The van der Waals surface area contributed by atoms with Gasteiger partial charge in [-0.25, -0.2) is 22.5 Å². The standard InChI is InChI=1S/C18H14F4N4OS/c1-28-16-11(12(19)13(20)14(21)15(16)22)7-27-9-4-2-3-8(5-9)10-6-25-18(24)26-17(10)23/h2-6H,7H2,1H3,(H4,23,24,25,26). The number of hydrogen-bond acceptors (Lipinski definition) is 6. The molecule has 5 nitrogen and oxygen atoms in total. The van der Waals surface area contributed by atoms with Crippen LogP contribution in [-0.2, 0) is 6.61 Å². The summed E-state index contributed by atoms with van der Waals surface area (Å²) in [6, 6.07) is 6.48. The molecule has 0 amide bonds. The third-order valence-electron chi connectivity index (χ3n) is 3.89. The summed E-state index contributed by atoms with van der Waals surface area (Å²) in [5.74, 6) is -6.23. The summed E-state index contributed by atoms with van der Waals surface area (Å²) < 4.78 is 60.5. The number of benzene rings is 2. The molecule has 0 saturated heterocycles. The Labute approximate surface area is 161 Å². The highest BCUT2D eigenvalue weighted by Crippen LogP contribution is 2.32. The summed E-state index contributed by atoms with van der Waals surface area (Å²) in [5, 5.41) is 0. The van der Waals surface area contributed by atoms with Gasteiger partial charge in [0.25, 0.3) is 0 Å². The number of ether oxygens (including phenoxy) is 1. The Bertz CT molecular complexity index is 1050. The Morgan fingerprint density at radius 2 is 1.75 bits per heavy atom. The van der Waals surface area contributed by atoms with Crippen molar-refractivity contribution in [2.45, 2.75) is 11.5 Å². The number of thioether (sulfide) groups is 1. The second-order valence-corrected chi connectivity index (χ2v) is 6.43. The topological polar surface area (TPSA) is 87.0 Å². The predicted molar refractivity (Wildman–Crippen MR) is 98.7 cm³/mol. The highest BCUT2D eigenvalue weighted by molar-refractivity contribution is 7.98. The molecule has 0 atom stereocenters. The van der Waals surface area contributed by atoms with Crippen molar-refractivity contribution in [1.82, 2.24) is 9.97 Å². The molecular formula is C18H14F4N4OS. The Kier molecular flexibility index (Phi) is 5.59. The smallest absolute Gasteiger partial charge is 0.221 e. The van der Waals surface area contributed by atoms with E-state index in [9.17, 15) is 17.6 Å². The Balaban J connectivity index is 1.91. The fourth-order valence-corrected chi connectivity index (χ4v) is 3.20. The van der Waals surface area contributed by atoms with Crippen molar-refractivity contribution in [3.8, 4) is 16.9 Å². The third-order valence-corrected chi connectivity index (χ3v) is 4.72. The SMILES string of the molecule is CSc1c(F)c(F)c(F)c(F)c1COc1cccc(-c2cnc(N)nc2N)c1. The van der Waals surface area contributed by atoms with Gasteiger partial charge < -0.3 is 16.2 Å². The predicted octanol–water partition coefficient (Wildman–Crippen LogP) is 4.17. The van der Waals surface area contributed by atoms with E-state index < -0.39 is 35.4 Å².